The highest BCUT2D eigenvalue weighted by Gasteiger charge is 2.24. The molecule has 1 aromatic rings. The molecule has 6 nitrogen and oxygen atoms in total. The molecule has 0 aliphatic carbocycles. The smallest absolute Gasteiger partial charge is 0.331 e. The minimum absolute atomic E-state index is 0.444. The maximum atomic E-state index is 11.3. The summed E-state index contributed by atoms with van der Waals surface area (Å²) in [6, 6.07) is 2.01. The molecular weight excluding hydrogens is 266 g/mol. The summed E-state index contributed by atoms with van der Waals surface area (Å²) < 4.78 is 21.7. The SMILES string of the molecule is CS(=O)(=O)CC(=O)NC(C(=O)O)c1cccs1. The van der Waals surface area contributed by atoms with Gasteiger partial charge in [0.2, 0.25) is 5.91 Å². The maximum absolute atomic E-state index is 11.3. The summed E-state index contributed by atoms with van der Waals surface area (Å²) >= 11 is 1.17. The molecule has 0 saturated carbocycles. The Labute approximate surface area is 102 Å². The predicted molar refractivity (Wildman–Crippen MR) is 62.5 cm³/mol. The summed E-state index contributed by atoms with van der Waals surface area (Å²) in [4.78, 5) is 22.7. The fourth-order valence-electron chi connectivity index (χ4n) is 1.15. The van der Waals surface area contributed by atoms with E-state index >= 15 is 0 Å². The quantitative estimate of drug-likeness (QED) is 0.791. The molecule has 0 aliphatic rings. The number of hydrogen-bond acceptors (Lipinski definition) is 5. The van der Waals surface area contributed by atoms with Gasteiger partial charge in [-0.15, -0.1) is 11.3 Å². The molecule has 17 heavy (non-hydrogen) atoms. The fourth-order valence-corrected chi connectivity index (χ4v) is 2.48. The van der Waals surface area contributed by atoms with Gasteiger partial charge in [0.15, 0.2) is 15.9 Å². The first-order chi connectivity index (χ1) is 7.79. The molecule has 0 radical (unpaired) electrons. The summed E-state index contributed by atoms with van der Waals surface area (Å²) in [6.07, 6.45) is 0.910. The number of sulfone groups is 1. The fraction of sp³-hybridized carbons (Fsp3) is 0.333. The van der Waals surface area contributed by atoms with E-state index in [4.69, 9.17) is 5.11 Å². The van der Waals surface area contributed by atoms with Gasteiger partial charge >= 0.3 is 5.97 Å². The summed E-state index contributed by atoms with van der Waals surface area (Å²) in [5.41, 5.74) is 0. The van der Waals surface area contributed by atoms with Crippen LogP contribution in [-0.4, -0.2) is 37.4 Å². The third-order valence-electron chi connectivity index (χ3n) is 1.77. The van der Waals surface area contributed by atoms with Crippen LogP contribution in [0, 0.1) is 0 Å². The number of hydrogen-bond donors (Lipinski definition) is 2. The molecule has 2 N–H and O–H groups in total. The van der Waals surface area contributed by atoms with Crippen LogP contribution in [0.2, 0.25) is 0 Å². The molecule has 1 rings (SSSR count). The molecule has 1 heterocycles. The molecule has 1 atom stereocenters. The first-order valence-electron chi connectivity index (χ1n) is 4.53. The highest BCUT2D eigenvalue weighted by atomic mass is 32.2. The van der Waals surface area contributed by atoms with Gasteiger partial charge in [-0.25, -0.2) is 13.2 Å². The van der Waals surface area contributed by atoms with Crippen LogP contribution in [0.4, 0.5) is 0 Å². The summed E-state index contributed by atoms with van der Waals surface area (Å²) in [6.45, 7) is 0. The number of carboxylic acids is 1. The molecule has 1 unspecified atom stereocenters. The van der Waals surface area contributed by atoms with Crippen molar-refractivity contribution in [3.63, 3.8) is 0 Å². The molecule has 0 saturated heterocycles. The van der Waals surface area contributed by atoms with E-state index in [0.717, 1.165) is 6.26 Å². The van der Waals surface area contributed by atoms with Crippen molar-refractivity contribution in [3.05, 3.63) is 22.4 Å². The van der Waals surface area contributed by atoms with Gasteiger partial charge in [-0.05, 0) is 11.4 Å². The van der Waals surface area contributed by atoms with Crippen molar-refractivity contribution >= 4 is 33.1 Å². The van der Waals surface area contributed by atoms with Gasteiger partial charge in [-0.2, -0.15) is 0 Å². The Hall–Kier alpha value is -1.41. The van der Waals surface area contributed by atoms with Crippen LogP contribution < -0.4 is 5.32 Å². The first-order valence-corrected chi connectivity index (χ1v) is 7.47. The predicted octanol–water partition coefficient (Wildman–Crippen LogP) is 0.0346. The van der Waals surface area contributed by atoms with E-state index in [1.165, 1.54) is 11.3 Å². The summed E-state index contributed by atoms with van der Waals surface area (Å²) in [5, 5.41) is 12.8. The normalized spacial score (nSPS) is 13.0. The largest absolute Gasteiger partial charge is 0.479 e. The highest BCUT2D eigenvalue weighted by Crippen LogP contribution is 2.19. The van der Waals surface area contributed by atoms with Gasteiger partial charge in [-0.3, -0.25) is 4.79 Å². The molecule has 0 spiro atoms. The van der Waals surface area contributed by atoms with Crippen LogP contribution in [0.5, 0.6) is 0 Å². The van der Waals surface area contributed by atoms with Crippen LogP contribution >= 0.6 is 11.3 Å². The maximum Gasteiger partial charge on any atom is 0.331 e. The van der Waals surface area contributed by atoms with Crippen molar-refractivity contribution in [3.8, 4) is 0 Å². The average Bonchev–Trinajstić information content (AvgIpc) is 2.63. The molecule has 0 aromatic carbocycles. The Morgan fingerprint density at radius 2 is 2.18 bits per heavy atom. The second-order valence-corrected chi connectivity index (χ2v) is 6.54. The Balaban J connectivity index is 2.76. The van der Waals surface area contributed by atoms with Gasteiger partial charge < -0.3 is 10.4 Å². The standard InChI is InChI=1S/C9H11NO5S2/c1-17(14,15)5-7(11)10-8(9(12)13)6-3-2-4-16-6/h2-4,8H,5H2,1H3,(H,10,11)(H,12,13). The minimum atomic E-state index is -3.47. The van der Waals surface area contributed by atoms with E-state index in [9.17, 15) is 18.0 Å². The van der Waals surface area contributed by atoms with Crippen LogP contribution in [0.3, 0.4) is 0 Å². The molecule has 0 bridgehead atoms. The van der Waals surface area contributed by atoms with E-state index in [1.807, 2.05) is 0 Å². The zero-order chi connectivity index (χ0) is 13.1. The van der Waals surface area contributed by atoms with E-state index < -0.39 is 33.5 Å². The third kappa shape index (κ3) is 4.53. The molecule has 0 fully saturated rings. The van der Waals surface area contributed by atoms with Crippen LogP contribution in [0.15, 0.2) is 17.5 Å². The molecular formula is C9H11NO5S2. The summed E-state index contributed by atoms with van der Waals surface area (Å²) in [7, 11) is -3.47. The Bertz CT molecular complexity index is 505. The Morgan fingerprint density at radius 3 is 2.59 bits per heavy atom. The van der Waals surface area contributed by atoms with Crippen molar-refractivity contribution in [1.29, 1.82) is 0 Å². The van der Waals surface area contributed by atoms with Crippen molar-refractivity contribution in [2.45, 2.75) is 6.04 Å². The third-order valence-corrected chi connectivity index (χ3v) is 3.50. The molecule has 8 heteroatoms. The van der Waals surface area contributed by atoms with Crippen LogP contribution in [0.1, 0.15) is 10.9 Å². The number of rotatable bonds is 5. The number of carboxylic acid groups (broad SMARTS) is 1. The second-order valence-electron chi connectivity index (χ2n) is 3.42. The van der Waals surface area contributed by atoms with Crippen molar-refractivity contribution in [2.75, 3.05) is 12.0 Å². The van der Waals surface area contributed by atoms with Crippen LogP contribution in [0.25, 0.3) is 0 Å². The van der Waals surface area contributed by atoms with E-state index in [2.05, 4.69) is 5.32 Å². The summed E-state index contributed by atoms with van der Waals surface area (Å²) in [5.74, 6) is -2.77. The van der Waals surface area contributed by atoms with E-state index in [1.54, 1.807) is 17.5 Å². The van der Waals surface area contributed by atoms with E-state index in [0.29, 0.717) is 4.88 Å². The van der Waals surface area contributed by atoms with Crippen LogP contribution in [-0.2, 0) is 19.4 Å². The minimum Gasteiger partial charge on any atom is -0.479 e. The lowest BCUT2D eigenvalue weighted by Crippen LogP contribution is -2.36. The van der Waals surface area contributed by atoms with Crippen molar-refractivity contribution in [1.82, 2.24) is 5.32 Å². The lowest BCUT2D eigenvalue weighted by Gasteiger charge is -2.12. The van der Waals surface area contributed by atoms with E-state index in [-0.39, 0.29) is 0 Å². The van der Waals surface area contributed by atoms with Gasteiger partial charge in [0.05, 0.1) is 0 Å². The number of aliphatic carboxylic acids is 1. The first kappa shape index (κ1) is 13.7. The topological polar surface area (TPSA) is 101 Å². The highest BCUT2D eigenvalue weighted by molar-refractivity contribution is 7.91. The van der Waals surface area contributed by atoms with Gasteiger partial charge in [-0.1, -0.05) is 6.07 Å². The number of amides is 1. The monoisotopic (exact) mass is 277 g/mol. The van der Waals surface area contributed by atoms with Crippen molar-refractivity contribution in [2.24, 2.45) is 0 Å². The zero-order valence-electron chi connectivity index (χ0n) is 8.91. The number of carbonyl (C=O) groups is 2. The Morgan fingerprint density at radius 1 is 1.53 bits per heavy atom. The van der Waals surface area contributed by atoms with Gasteiger partial charge in [0.25, 0.3) is 0 Å². The van der Waals surface area contributed by atoms with Crippen molar-refractivity contribution < 1.29 is 23.1 Å². The molecule has 1 amide bonds. The van der Waals surface area contributed by atoms with Gasteiger partial charge in [0, 0.05) is 11.1 Å². The molecule has 0 aliphatic heterocycles. The second kappa shape index (κ2) is 5.28. The number of nitrogens with one attached hydrogen (secondary N) is 1. The number of thiophene rings is 1. The zero-order valence-corrected chi connectivity index (χ0v) is 10.5. The van der Waals surface area contributed by atoms with Gasteiger partial charge in [0.1, 0.15) is 5.75 Å². The average molecular weight is 277 g/mol. The lowest BCUT2D eigenvalue weighted by molar-refractivity contribution is -0.141. The molecule has 1 aromatic heterocycles. The number of carbonyl (C=O) groups excluding carboxylic acids is 1. The lowest BCUT2D eigenvalue weighted by atomic mass is 10.2. The molecule has 94 valence electrons. The Kier molecular flexibility index (Phi) is 4.24.